The first-order valence-corrected chi connectivity index (χ1v) is 7.39. The van der Waals surface area contributed by atoms with Crippen LogP contribution in [0, 0.1) is 5.82 Å². The number of aryl methyl sites for hydroxylation is 1. The lowest BCUT2D eigenvalue weighted by atomic mass is 9.99. The summed E-state index contributed by atoms with van der Waals surface area (Å²) < 4.78 is 15.7. The fourth-order valence-corrected chi connectivity index (χ4v) is 3.12. The van der Waals surface area contributed by atoms with E-state index in [1.807, 2.05) is 13.8 Å². The molecule has 0 aliphatic carbocycles. The second kappa shape index (κ2) is 5.95. The fraction of sp³-hybridized carbons (Fsp3) is 0.400. The van der Waals surface area contributed by atoms with E-state index in [1.54, 1.807) is 20.0 Å². The maximum atomic E-state index is 14.2. The molecular formula is C15H17Cl2FN2O. The monoisotopic (exact) mass is 330 g/mol. The summed E-state index contributed by atoms with van der Waals surface area (Å²) in [5.74, 6) is -0.336. The standard InChI is InChI=1S/C15H17Cl2FN2O/c1-7(2)9-5-10(12(18)6-11(9)16)14-13(17)15(8(3)21)20(4)19-14/h5-8,21H,1-4H3. The van der Waals surface area contributed by atoms with E-state index in [1.165, 1.54) is 10.7 Å². The highest BCUT2D eigenvalue weighted by Gasteiger charge is 2.22. The lowest BCUT2D eigenvalue weighted by Gasteiger charge is -2.11. The van der Waals surface area contributed by atoms with Crippen LogP contribution >= 0.6 is 23.2 Å². The number of nitrogens with zero attached hydrogens (tertiary/aromatic N) is 2. The van der Waals surface area contributed by atoms with E-state index in [2.05, 4.69) is 5.10 Å². The maximum Gasteiger partial charge on any atom is 0.134 e. The molecule has 1 atom stereocenters. The number of aromatic nitrogens is 2. The topological polar surface area (TPSA) is 38.0 Å². The summed E-state index contributed by atoms with van der Waals surface area (Å²) in [7, 11) is 1.66. The summed E-state index contributed by atoms with van der Waals surface area (Å²) in [5.41, 5.74) is 1.88. The molecule has 0 aliphatic rings. The average molecular weight is 331 g/mol. The Kier molecular flexibility index (Phi) is 4.61. The van der Waals surface area contributed by atoms with E-state index in [9.17, 15) is 9.50 Å². The van der Waals surface area contributed by atoms with Crippen molar-refractivity contribution in [3.05, 3.63) is 39.3 Å². The first-order chi connectivity index (χ1) is 9.73. The third-order valence-electron chi connectivity index (χ3n) is 3.39. The van der Waals surface area contributed by atoms with Gasteiger partial charge in [0.15, 0.2) is 0 Å². The van der Waals surface area contributed by atoms with Crippen molar-refractivity contribution in [2.75, 3.05) is 0 Å². The summed E-state index contributed by atoms with van der Waals surface area (Å²) in [6, 6.07) is 2.95. The molecule has 6 heteroatoms. The SMILES string of the molecule is CC(C)c1cc(-c2nn(C)c(C(C)O)c2Cl)c(F)cc1Cl. The Hall–Kier alpha value is -1.10. The minimum Gasteiger partial charge on any atom is -0.387 e. The molecule has 3 nitrogen and oxygen atoms in total. The Bertz CT molecular complexity index is 681. The molecule has 0 saturated heterocycles. The van der Waals surface area contributed by atoms with Crippen LogP contribution in [0.5, 0.6) is 0 Å². The summed E-state index contributed by atoms with van der Waals surface area (Å²) in [6.07, 6.45) is -0.788. The molecule has 114 valence electrons. The van der Waals surface area contributed by atoms with Gasteiger partial charge in [0.1, 0.15) is 11.5 Å². The van der Waals surface area contributed by atoms with Gasteiger partial charge >= 0.3 is 0 Å². The van der Waals surface area contributed by atoms with E-state index in [-0.39, 0.29) is 16.5 Å². The van der Waals surface area contributed by atoms with Gasteiger partial charge in [-0.1, -0.05) is 37.0 Å². The van der Waals surface area contributed by atoms with Gasteiger partial charge in [0, 0.05) is 17.6 Å². The second-order valence-electron chi connectivity index (χ2n) is 5.36. The van der Waals surface area contributed by atoms with Crippen molar-refractivity contribution in [2.24, 2.45) is 7.05 Å². The summed E-state index contributed by atoms with van der Waals surface area (Å²) in [4.78, 5) is 0. The van der Waals surface area contributed by atoms with Crippen LogP contribution in [0.1, 0.15) is 44.1 Å². The Morgan fingerprint density at radius 3 is 2.33 bits per heavy atom. The minimum absolute atomic E-state index is 0.149. The number of aliphatic hydroxyl groups is 1. The number of halogens is 3. The number of rotatable bonds is 3. The van der Waals surface area contributed by atoms with Crippen LogP contribution in [0.15, 0.2) is 12.1 Å². The second-order valence-corrected chi connectivity index (χ2v) is 6.14. The summed E-state index contributed by atoms with van der Waals surface area (Å²) in [6.45, 7) is 5.54. The van der Waals surface area contributed by atoms with Crippen molar-refractivity contribution >= 4 is 23.2 Å². The van der Waals surface area contributed by atoms with Gasteiger partial charge in [0.05, 0.1) is 16.8 Å². The smallest absolute Gasteiger partial charge is 0.134 e. The van der Waals surface area contributed by atoms with Crippen LogP contribution in [-0.4, -0.2) is 14.9 Å². The van der Waals surface area contributed by atoms with Crippen LogP contribution in [0.4, 0.5) is 4.39 Å². The highest BCUT2D eigenvalue weighted by Crippen LogP contribution is 2.37. The van der Waals surface area contributed by atoms with E-state index in [0.717, 1.165) is 5.56 Å². The van der Waals surface area contributed by atoms with Crippen molar-refractivity contribution in [1.82, 2.24) is 9.78 Å². The fourth-order valence-electron chi connectivity index (χ4n) is 2.33. The normalized spacial score (nSPS) is 13.0. The zero-order valence-electron chi connectivity index (χ0n) is 12.3. The Balaban J connectivity index is 2.68. The Morgan fingerprint density at radius 2 is 1.86 bits per heavy atom. The van der Waals surface area contributed by atoms with Gasteiger partial charge in [-0.2, -0.15) is 5.10 Å². The summed E-state index contributed by atoms with van der Waals surface area (Å²) >= 11 is 12.3. The largest absolute Gasteiger partial charge is 0.387 e. The molecular weight excluding hydrogens is 314 g/mol. The first kappa shape index (κ1) is 16.3. The third-order valence-corrected chi connectivity index (χ3v) is 4.09. The van der Waals surface area contributed by atoms with E-state index >= 15 is 0 Å². The lowest BCUT2D eigenvalue weighted by molar-refractivity contribution is 0.189. The predicted octanol–water partition coefficient (Wildman–Crippen LogP) is 4.71. The predicted molar refractivity (Wildman–Crippen MR) is 83.3 cm³/mol. The summed E-state index contributed by atoms with van der Waals surface area (Å²) in [5, 5.41) is 14.6. The van der Waals surface area contributed by atoms with Crippen LogP contribution in [0.2, 0.25) is 10.0 Å². The minimum atomic E-state index is -0.788. The van der Waals surface area contributed by atoms with Gasteiger partial charge in [0.2, 0.25) is 0 Å². The Morgan fingerprint density at radius 1 is 1.24 bits per heavy atom. The number of hydrogen-bond donors (Lipinski definition) is 1. The molecule has 0 fully saturated rings. The van der Waals surface area contributed by atoms with Crippen LogP contribution in [-0.2, 0) is 7.05 Å². The van der Waals surface area contributed by atoms with Crippen molar-refractivity contribution < 1.29 is 9.50 Å². The molecule has 0 bridgehead atoms. The van der Waals surface area contributed by atoms with Gasteiger partial charge < -0.3 is 5.11 Å². The molecule has 21 heavy (non-hydrogen) atoms. The number of hydrogen-bond acceptors (Lipinski definition) is 2. The van der Waals surface area contributed by atoms with E-state index < -0.39 is 11.9 Å². The molecule has 1 aromatic carbocycles. The van der Waals surface area contributed by atoms with Crippen LogP contribution < -0.4 is 0 Å². The molecule has 0 radical (unpaired) electrons. The number of aliphatic hydroxyl groups excluding tert-OH is 1. The maximum absolute atomic E-state index is 14.2. The third kappa shape index (κ3) is 2.93. The van der Waals surface area contributed by atoms with Crippen molar-refractivity contribution in [3.8, 4) is 11.3 Å². The molecule has 1 unspecified atom stereocenters. The van der Waals surface area contributed by atoms with E-state index in [4.69, 9.17) is 23.2 Å². The highest BCUT2D eigenvalue weighted by atomic mass is 35.5. The van der Waals surface area contributed by atoms with Crippen LogP contribution in [0.3, 0.4) is 0 Å². The van der Waals surface area contributed by atoms with Gasteiger partial charge in [-0.15, -0.1) is 0 Å². The molecule has 0 amide bonds. The highest BCUT2D eigenvalue weighted by molar-refractivity contribution is 6.34. The van der Waals surface area contributed by atoms with Crippen LogP contribution in [0.25, 0.3) is 11.3 Å². The average Bonchev–Trinajstić information content (AvgIpc) is 2.64. The lowest BCUT2D eigenvalue weighted by Crippen LogP contribution is -2.01. The number of benzene rings is 1. The van der Waals surface area contributed by atoms with Crippen molar-refractivity contribution in [3.63, 3.8) is 0 Å². The van der Waals surface area contributed by atoms with Gasteiger partial charge in [-0.25, -0.2) is 4.39 Å². The quantitative estimate of drug-likeness (QED) is 0.884. The van der Waals surface area contributed by atoms with Gasteiger partial charge in [-0.05, 0) is 30.5 Å². The zero-order valence-corrected chi connectivity index (χ0v) is 13.8. The Labute approximate surface area is 133 Å². The van der Waals surface area contributed by atoms with Gasteiger partial charge in [0.25, 0.3) is 0 Å². The molecule has 1 heterocycles. The molecule has 2 aromatic rings. The van der Waals surface area contributed by atoms with Crippen molar-refractivity contribution in [1.29, 1.82) is 0 Å². The molecule has 1 N–H and O–H groups in total. The van der Waals surface area contributed by atoms with Crippen molar-refractivity contribution in [2.45, 2.75) is 32.8 Å². The molecule has 0 saturated carbocycles. The molecule has 2 rings (SSSR count). The zero-order chi connectivity index (χ0) is 15.9. The van der Waals surface area contributed by atoms with E-state index in [0.29, 0.717) is 16.4 Å². The first-order valence-electron chi connectivity index (χ1n) is 6.63. The molecule has 0 aliphatic heterocycles. The molecule has 0 spiro atoms. The van der Waals surface area contributed by atoms with Gasteiger partial charge in [-0.3, -0.25) is 4.68 Å². The molecule has 1 aromatic heterocycles.